The first-order valence-electron chi connectivity index (χ1n) is 6.05. The number of rotatable bonds is 6. The van der Waals surface area contributed by atoms with Crippen LogP contribution >= 0.6 is 0 Å². The SMILES string of the molecule is CCNc1cc(N(CC)CC(C)C#N)ccn1. The third-order valence-corrected chi connectivity index (χ3v) is 2.56. The summed E-state index contributed by atoms with van der Waals surface area (Å²) in [5, 5.41) is 12.1. The van der Waals surface area contributed by atoms with Gasteiger partial charge in [0.05, 0.1) is 12.0 Å². The lowest BCUT2D eigenvalue weighted by atomic mass is 10.2. The number of hydrogen-bond donors (Lipinski definition) is 1. The molecule has 0 spiro atoms. The van der Waals surface area contributed by atoms with Crippen LogP contribution in [-0.2, 0) is 0 Å². The maximum absolute atomic E-state index is 8.86. The van der Waals surface area contributed by atoms with Gasteiger partial charge in [-0.15, -0.1) is 0 Å². The fraction of sp³-hybridized carbons (Fsp3) is 0.538. The molecule has 1 unspecified atom stereocenters. The van der Waals surface area contributed by atoms with Crippen LogP contribution in [0, 0.1) is 17.2 Å². The fourth-order valence-corrected chi connectivity index (χ4v) is 1.68. The van der Waals surface area contributed by atoms with E-state index in [0.29, 0.717) is 0 Å². The number of pyridine rings is 1. The zero-order valence-corrected chi connectivity index (χ0v) is 10.8. The molecule has 1 atom stereocenters. The van der Waals surface area contributed by atoms with Gasteiger partial charge in [-0.25, -0.2) is 4.98 Å². The van der Waals surface area contributed by atoms with Crippen LogP contribution in [0.4, 0.5) is 11.5 Å². The normalized spacial score (nSPS) is 11.6. The van der Waals surface area contributed by atoms with Crippen LogP contribution in [0.5, 0.6) is 0 Å². The Morgan fingerprint density at radius 1 is 1.53 bits per heavy atom. The van der Waals surface area contributed by atoms with Gasteiger partial charge in [-0.1, -0.05) is 0 Å². The van der Waals surface area contributed by atoms with Gasteiger partial charge in [-0.05, 0) is 26.8 Å². The van der Waals surface area contributed by atoms with Crippen molar-refractivity contribution in [3.63, 3.8) is 0 Å². The Labute approximate surface area is 103 Å². The second kappa shape index (κ2) is 6.74. The highest BCUT2D eigenvalue weighted by Gasteiger charge is 2.09. The second-order valence-corrected chi connectivity index (χ2v) is 4.00. The van der Waals surface area contributed by atoms with E-state index in [9.17, 15) is 0 Å². The van der Waals surface area contributed by atoms with Gasteiger partial charge in [0.25, 0.3) is 0 Å². The molecule has 1 N–H and O–H groups in total. The number of hydrogen-bond acceptors (Lipinski definition) is 4. The number of nitrogens with one attached hydrogen (secondary N) is 1. The largest absolute Gasteiger partial charge is 0.370 e. The molecule has 0 aliphatic carbocycles. The summed E-state index contributed by atoms with van der Waals surface area (Å²) in [4.78, 5) is 6.43. The van der Waals surface area contributed by atoms with E-state index in [1.54, 1.807) is 6.20 Å². The molecule has 4 nitrogen and oxygen atoms in total. The maximum Gasteiger partial charge on any atom is 0.127 e. The molecule has 1 aromatic heterocycles. The van der Waals surface area contributed by atoms with E-state index >= 15 is 0 Å². The van der Waals surface area contributed by atoms with Crippen molar-refractivity contribution in [3.05, 3.63) is 18.3 Å². The minimum absolute atomic E-state index is 0.0331. The lowest BCUT2D eigenvalue weighted by molar-refractivity contribution is 0.686. The lowest BCUT2D eigenvalue weighted by Gasteiger charge is -2.24. The first-order chi connectivity index (χ1) is 8.21. The minimum atomic E-state index is 0.0331. The molecule has 1 rings (SSSR count). The van der Waals surface area contributed by atoms with Crippen LogP contribution in [-0.4, -0.2) is 24.6 Å². The average Bonchev–Trinajstić information content (AvgIpc) is 2.36. The molecule has 92 valence electrons. The Balaban J connectivity index is 2.81. The van der Waals surface area contributed by atoms with E-state index in [1.807, 2.05) is 26.0 Å². The Morgan fingerprint density at radius 3 is 2.88 bits per heavy atom. The average molecular weight is 232 g/mol. The van der Waals surface area contributed by atoms with Crippen molar-refractivity contribution in [1.29, 1.82) is 5.26 Å². The van der Waals surface area contributed by atoms with Crippen LogP contribution in [0.2, 0.25) is 0 Å². The van der Waals surface area contributed by atoms with Crippen molar-refractivity contribution < 1.29 is 0 Å². The summed E-state index contributed by atoms with van der Waals surface area (Å²) < 4.78 is 0. The van der Waals surface area contributed by atoms with Crippen molar-refractivity contribution >= 4 is 11.5 Å². The molecule has 0 aromatic carbocycles. The van der Waals surface area contributed by atoms with E-state index in [-0.39, 0.29) is 5.92 Å². The van der Waals surface area contributed by atoms with Gasteiger partial charge >= 0.3 is 0 Å². The predicted octanol–water partition coefficient (Wildman–Crippen LogP) is 2.50. The Bertz CT molecular complexity index is 383. The molecule has 1 aromatic rings. The van der Waals surface area contributed by atoms with Gasteiger partial charge in [0, 0.05) is 37.6 Å². The number of nitriles is 1. The van der Waals surface area contributed by atoms with E-state index in [0.717, 1.165) is 31.1 Å². The molecule has 0 saturated carbocycles. The molecule has 0 saturated heterocycles. The van der Waals surface area contributed by atoms with Crippen LogP contribution in [0.3, 0.4) is 0 Å². The molecule has 0 radical (unpaired) electrons. The molecular weight excluding hydrogens is 212 g/mol. The summed E-state index contributed by atoms with van der Waals surface area (Å²) in [5.74, 6) is 0.916. The van der Waals surface area contributed by atoms with Gasteiger partial charge < -0.3 is 10.2 Å². The van der Waals surface area contributed by atoms with Crippen molar-refractivity contribution in [1.82, 2.24) is 4.98 Å². The van der Waals surface area contributed by atoms with Crippen molar-refractivity contribution in [2.24, 2.45) is 5.92 Å². The highest BCUT2D eigenvalue weighted by atomic mass is 15.1. The van der Waals surface area contributed by atoms with E-state index < -0.39 is 0 Å². The zero-order chi connectivity index (χ0) is 12.7. The minimum Gasteiger partial charge on any atom is -0.370 e. The summed E-state index contributed by atoms with van der Waals surface area (Å²) in [6, 6.07) is 6.27. The standard InChI is InChI=1S/C13H20N4/c1-4-15-13-8-12(6-7-16-13)17(5-2)10-11(3)9-14/h6-8,11H,4-5,10H2,1-3H3,(H,15,16). The molecule has 17 heavy (non-hydrogen) atoms. The predicted molar refractivity (Wildman–Crippen MR) is 71.1 cm³/mol. The third kappa shape index (κ3) is 3.95. The number of anilines is 2. The maximum atomic E-state index is 8.86. The number of nitrogens with zero attached hydrogens (tertiary/aromatic N) is 3. The van der Waals surface area contributed by atoms with Gasteiger partial charge in [0.1, 0.15) is 5.82 Å². The molecule has 0 amide bonds. The van der Waals surface area contributed by atoms with Gasteiger partial charge in [-0.3, -0.25) is 0 Å². The fourth-order valence-electron chi connectivity index (χ4n) is 1.68. The first-order valence-corrected chi connectivity index (χ1v) is 6.05. The summed E-state index contributed by atoms with van der Waals surface area (Å²) in [6.45, 7) is 8.58. The van der Waals surface area contributed by atoms with E-state index in [4.69, 9.17) is 5.26 Å². The van der Waals surface area contributed by atoms with Crippen LogP contribution in [0.1, 0.15) is 20.8 Å². The van der Waals surface area contributed by atoms with E-state index in [1.165, 1.54) is 0 Å². The highest BCUT2D eigenvalue weighted by molar-refractivity contribution is 5.53. The molecule has 0 aliphatic rings. The van der Waals surface area contributed by atoms with Crippen LogP contribution in [0.15, 0.2) is 18.3 Å². The summed E-state index contributed by atoms with van der Waals surface area (Å²) in [6.07, 6.45) is 1.80. The first kappa shape index (κ1) is 13.3. The number of aromatic nitrogens is 1. The molecule has 4 heteroatoms. The zero-order valence-electron chi connectivity index (χ0n) is 10.8. The Hall–Kier alpha value is -1.76. The molecular formula is C13H20N4. The molecule has 0 bridgehead atoms. The monoisotopic (exact) mass is 232 g/mol. The van der Waals surface area contributed by atoms with E-state index in [2.05, 4.69) is 28.2 Å². The van der Waals surface area contributed by atoms with Gasteiger partial charge in [-0.2, -0.15) is 5.26 Å². The highest BCUT2D eigenvalue weighted by Crippen LogP contribution is 2.18. The third-order valence-electron chi connectivity index (χ3n) is 2.56. The topological polar surface area (TPSA) is 52.0 Å². The molecule has 0 aliphatic heterocycles. The lowest BCUT2D eigenvalue weighted by Crippen LogP contribution is -2.27. The summed E-state index contributed by atoms with van der Waals surface area (Å²) in [7, 11) is 0. The Morgan fingerprint density at radius 2 is 2.29 bits per heavy atom. The van der Waals surface area contributed by atoms with Crippen molar-refractivity contribution in [2.45, 2.75) is 20.8 Å². The second-order valence-electron chi connectivity index (χ2n) is 4.00. The smallest absolute Gasteiger partial charge is 0.127 e. The van der Waals surface area contributed by atoms with Crippen LogP contribution in [0.25, 0.3) is 0 Å². The van der Waals surface area contributed by atoms with Crippen molar-refractivity contribution in [3.8, 4) is 6.07 Å². The van der Waals surface area contributed by atoms with Gasteiger partial charge in [0.2, 0.25) is 0 Å². The molecule has 1 heterocycles. The summed E-state index contributed by atoms with van der Waals surface area (Å²) in [5.41, 5.74) is 1.11. The Kier molecular flexibility index (Phi) is 5.28. The summed E-state index contributed by atoms with van der Waals surface area (Å²) >= 11 is 0. The van der Waals surface area contributed by atoms with Gasteiger partial charge in [0.15, 0.2) is 0 Å². The quantitative estimate of drug-likeness (QED) is 0.818. The van der Waals surface area contributed by atoms with Crippen molar-refractivity contribution in [2.75, 3.05) is 29.9 Å². The molecule has 0 fully saturated rings. The van der Waals surface area contributed by atoms with Crippen LogP contribution < -0.4 is 10.2 Å².